The molecule has 0 bridgehead atoms. The Morgan fingerprint density at radius 3 is 2.83 bits per heavy atom. The van der Waals surface area contributed by atoms with Crippen molar-refractivity contribution in [2.24, 2.45) is 0 Å². The predicted molar refractivity (Wildman–Crippen MR) is 64.4 cm³/mol. The number of aromatic nitrogens is 2. The van der Waals surface area contributed by atoms with E-state index in [1.54, 1.807) is 11.6 Å². The molecule has 94 valence electrons. The lowest BCUT2D eigenvalue weighted by atomic mass is 10.1. The minimum atomic E-state index is -1.17. The highest BCUT2D eigenvalue weighted by Crippen LogP contribution is 2.17. The van der Waals surface area contributed by atoms with Crippen molar-refractivity contribution >= 4 is 17.6 Å². The zero-order valence-corrected chi connectivity index (χ0v) is 10.3. The molecule has 0 saturated heterocycles. The van der Waals surface area contributed by atoms with Crippen LogP contribution in [0.2, 0.25) is 5.02 Å². The van der Waals surface area contributed by atoms with Crippen molar-refractivity contribution in [2.75, 3.05) is 0 Å². The fourth-order valence-corrected chi connectivity index (χ4v) is 1.77. The van der Waals surface area contributed by atoms with Crippen LogP contribution in [0.15, 0.2) is 24.4 Å². The highest BCUT2D eigenvalue weighted by atomic mass is 35.5. The van der Waals surface area contributed by atoms with Crippen molar-refractivity contribution in [3.05, 3.63) is 52.1 Å². The Kier molecular flexibility index (Phi) is 3.34. The standard InChI is InChI=1S/C12H10ClFN2O2/c1-7-11(13)5-15-16(7)6-8-2-3-9(14)4-10(8)12(17)18/h2-5H,6H2,1H3,(H,17,18). The monoisotopic (exact) mass is 268 g/mol. The van der Waals surface area contributed by atoms with E-state index in [1.165, 1.54) is 18.3 Å². The van der Waals surface area contributed by atoms with Gasteiger partial charge in [0.2, 0.25) is 0 Å². The Balaban J connectivity index is 2.40. The van der Waals surface area contributed by atoms with Crippen LogP contribution in [0, 0.1) is 12.7 Å². The summed E-state index contributed by atoms with van der Waals surface area (Å²) in [6, 6.07) is 3.66. The van der Waals surface area contributed by atoms with Crippen LogP contribution in [0.1, 0.15) is 21.6 Å². The van der Waals surface area contributed by atoms with Gasteiger partial charge in [-0.3, -0.25) is 4.68 Å². The van der Waals surface area contributed by atoms with Gasteiger partial charge in [-0.1, -0.05) is 17.7 Å². The summed E-state index contributed by atoms with van der Waals surface area (Å²) in [6.07, 6.45) is 1.49. The SMILES string of the molecule is Cc1c(Cl)cnn1Cc1ccc(F)cc1C(=O)O. The first-order valence-corrected chi connectivity index (χ1v) is 5.56. The van der Waals surface area contributed by atoms with Crippen LogP contribution in [-0.4, -0.2) is 20.9 Å². The van der Waals surface area contributed by atoms with E-state index in [1.807, 2.05) is 0 Å². The minimum absolute atomic E-state index is 0.0685. The number of carbonyl (C=O) groups is 1. The summed E-state index contributed by atoms with van der Waals surface area (Å²) < 4.78 is 14.6. The third-order valence-electron chi connectivity index (χ3n) is 2.67. The summed E-state index contributed by atoms with van der Waals surface area (Å²) >= 11 is 5.86. The molecule has 0 aliphatic heterocycles. The second-order valence-electron chi connectivity index (χ2n) is 3.84. The molecule has 1 aromatic heterocycles. The summed E-state index contributed by atoms with van der Waals surface area (Å²) in [5.74, 6) is -1.74. The van der Waals surface area contributed by atoms with E-state index in [0.717, 1.165) is 11.8 Å². The van der Waals surface area contributed by atoms with Gasteiger partial charge in [0, 0.05) is 0 Å². The molecule has 0 atom stereocenters. The summed E-state index contributed by atoms with van der Waals surface area (Å²) in [7, 11) is 0. The number of hydrogen-bond acceptors (Lipinski definition) is 2. The molecular weight excluding hydrogens is 259 g/mol. The Morgan fingerprint density at radius 1 is 1.56 bits per heavy atom. The fourth-order valence-electron chi connectivity index (χ4n) is 1.63. The number of carboxylic acid groups (broad SMARTS) is 1. The second kappa shape index (κ2) is 4.78. The van der Waals surface area contributed by atoms with E-state index in [9.17, 15) is 9.18 Å². The lowest BCUT2D eigenvalue weighted by Gasteiger charge is -2.08. The second-order valence-corrected chi connectivity index (χ2v) is 4.25. The summed E-state index contributed by atoms with van der Waals surface area (Å²) in [5, 5.41) is 13.6. The van der Waals surface area contributed by atoms with Crippen LogP contribution >= 0.6 is 11.6 Å². The van der Waals surface area contributed by atoms with Gasteiger partial charge in [-0.2, -0.15) is 5.10 Å². The van der Waals surface area contributed by atoms with Crippen molar-refractivity contribution < 1.29 is 14.3 Å². The number of rotatable bonds is 3. The lowest BCUT2D eigenvalue weighted by Crippen LogP contribution is -2.09. The minimum Gasteiger partial charge on any atom is -0.478 e. The largest absolute Gasteiger partial charge is 0.478 e. The molecule has 2 rings (SSSR count). The molecule has 0 spiro atoms. The van der Waals surface area contributed by atoms with Gasteiger partial charge in [0.05, 0.1) is 29.0 Å². The molecular formula is C12H10ClFN2O2. The Labute approximate surface area is 108 Å². The lowest BCUT2D eigenvalue weighted by molar-refractivity contribution is 0.0695. The third-order valence-corrected chi connectivity index (χ3v) is 3.04. The van der Waals surface area contributed by atoms with E-state index < -0.39 is 11.8 Å². The van der Waals surface area contributed by atoms with Gasteiger partial charge in [0.15, 0.2) is 0 Å². The summed E-state index contributed by atoms with van der Waals surface area (Å²) in [6.45, 7) is 2.01. The number of carboxylic acids is 1. The maximum Gasteiger partial charge on any atom is 0.336 e. The molecule has 0 radical (unpaired) electrons. The van der Waals surface area contributed by atoms with Crippen LogP contribution in [0.3, 0.4) is 0 Å². The number of benzene rings is 1. The molecule has 0 fully saturated rings. The molecule has 18 heavy (non-hydrogen) atoms. The van der Waals surface area contributed by atoms with Gasteiger partial charge >= 0.3 is 5.97 Å². The van der Waals surface area contributed by atoms with Gasteiger partial charge < -0.3 is 5.11 Å². The Morgan fingerprint density at radius 2 is 2.28 bits per heavy atom. The van der Waals surface area contributed by atoms with E-state index in [-0.39, 0.29) is 12.1 Å². The van der Waals surface area contributed by atoms with Crippen molar-refractivity contribution in [2.45, 2.75) is 13.5 Å². The predicted octanol–water partition coefficient (Wildman–Crippen LogP) is 2.73. The number of hydrogen-bond donors (Lipinski definition) is 1. The maximum atomic E-state index is 13.0. The molecule has 4 nitrogen and oxygen atoms in total. The number of aromatic carboxylic acids is 1. The van der Waals surface area contributed by atoms with Crippen LogP contribution in [0.4, 0.5) is 4.39 Å². The highest BCUT2D eigenvalue weighted by molar-refractivity contribution is 6.31. The zero-order chi connectivity index (χ0) is 13.3. The summed E-state index contributed by atoms with van der Waals surface area (Å²) in [4.78, 5) is 11.0. The van der Waals surface area contributed by atoms with Crippen molar-refractivity contribution in [3.8, 4) is 0 Å². The first kappa shape index (κ1) is 12.6. The van der Waals surface area contributed by atoms with E-state index in [0.29, 0.717) is 10.6 Å². The first-order valence-electron chi connectivity index (χ1n) is 5.18. The summed E-state index contributed by atoms with van der Waals surface area (Å²) in [5.41, 5.74) is 1.14. The van der Waals surface area contributed by atoms with Crippen molar-refractivity contribution in [1.29, 1.82) is 0 Å². The van der Waals surface area contributed by atoms with E-state index >= 15 is 0 Å². The first-order chi connectivity index (χ1) is 8.49. The van der Waals surface area contributed by atoms with Crippen LogP contribution < -0.4 is 0 Å². The quantitative estimate of drug-likeness (QED) is 0.931. The highest BCUT2D eigenvalue weighted by Gasteiger charge is 2.13. The Bertz CT molecular complexity index is 610. The number of halogens is 2. The van der Waals surface area contributed by atoms with Gasteiger partial charge in [-0.25, -0.2) is 9.18 Å². The molecule has 2 aromatic rings. The average molecular weight is 269 g/mol. The van der Waals surface area contributed by atoms with Crippen LogP contribution in [-0.2, 0) is 6.54 Å². The van der Waals surface area contributed by atoms with Gasteiger partial charge in [-0.15, -0.1) is 0 Å². The van der Waals surface area contributed by atoms with Crippen molar-refractivity contribution in [3.63, 3.8) is 0 Å². The fraction of sp³-hybridized carbons (Fsp3) is 0.167. The molecule has 0 aliphatic rings. The molecule has 0 aliphatic carbocycles. The molecule has 1 aromatic carbocycles. The Hall–Kier alpha value is -1.88. The van der Waals surface area contributed by atoms with Gasteiger partial charge in [0.25, 0.3) is 0 Å². The topological polar surface area (TPSA) is 55.1 Å². The molecule has 0 saturated carbocycles. The molecule has 0 amide bonds. The molecule has 6 heteroatoms. The molecule has 1 N–H and O–H groups in total. The van der Waals surface area contributed by atoms with Crippen molar-refractivity contribution in [1.82, 2.24) is 9.78 Å². The van der Waals surface area contributed by atoms with Gasteiger partial charge in [0.1, 0.15) is 5.82 Å². The molecule has 0 unspecified atom stereocenters. The van der Waals surface area contributed by atoms with E-state index in [4.69, 9.17) is 16.7 Å². The van der Waals surface area contributed by atoms with E-state index in [2.05, 4.69) is 5.10 Å². The smallest absolute Gasteiger partial charge is 0.336 e. The zero-order valence-electron chi connectivity index (χ0n) is 9.52. The van der Waals surface area contributed by atoms with Gasteiger partial charge in [-0.05, 0) is 24.6 Å². The van der Waals surface area contributed by atoms with Crippen LogP contribution in [0.5, 0.6) is 0 Å². The maximum absolute atomic E-state index is 13.0. The average Bonchev–Trinajstić information content (AvgIpc) is 2.63. The third kappa shape index (κ3) is 2.36. The molecule has 1 heterocycles. The van der Waals surface area contributed by atoms with Crippen LogP contribution in [0.25, 0.3) is 0 Å². The normalized spacial score (nSPS) is 10.6. The number of nitrogens with zero attached hydrogens (tertiary/aromatic N) is 2.